The first-order valence-corrected chi connectivity index (χ1v) is 5.09. The predicted octanol–water partition coefficient (Wildman–Crippen LogP) is 1.19. The maximum atomic E-state index is 10.7. The Bertz CT molecular complexity index is 429. The minimum Gasteiger partial charge on any atom is -0.489 e. The highest BCUT2D eigenvalue weighted by molar-refractivity contribution is 5.73. The third kappa shape index (κ3) is 1.26. The lowest BCUT2D eigenvalue weighted by Crippen LogP contribution is -2.39. The summed E-state index contributed by atoms with van der Waals surface area (Å²) in [7, 11) is 0. The normalized spacial score (nSPS) is 17.1. The molecule has 3 rings (SSSR count). The highest BCUT2D eigenvalue weighted by Crippen LogP contribution is 2.44. The van der Waals surface area contributed by atoms with E-state index in [9.17, 15) is 10.1 Å². The second kappa shape index (κ2) is 3.26. The highest BCUT2D eigenvalue weighted by Gasteiger charge is 2.29. The average Bonchev–Trinajstić information content (AvgIpc) is 2.29. The van der Waals surface area contributed by atoms with Crippen LogP contribution >= 0.6 is 0 Å². The summed E-state index contributed by atoms with van der Waals surface area (Å²) >= 11 is 0. The summed E-state index contributed by atoms with van der Waals surface area (Å²) in [5.74, 6) is 1.10. The van der Waals surface area contributed by atoms with Crippen LogP contribution in [-0.4, -0.2) is 31.2 Å². The van der Waals surface area contributed by atoms with E-state index in [-0.39, 0.29) is 5.69 Å². The molecule has 16 heavy (non-hydrogen) atoms. The van der Waals surface area contributed by atoms with Crippen molar-refractivity contribution in [1.82, 2.24) is 0 Å². The lowest BCUT2D eigenvalue weighted by atomic mass is 10.1. The molecule has 0 fully saturated rings. The molecular formula is C10H10N2O4. The largest absolute Gasteiger partial charge is 0.489 e. The maximum absolute atomic E-state index is 10.7. The number of benzene rings is 1. The van der Waals surface area contributed by atoms with E-state index in [1.54, 1.807) is 0 Å². The van der Waals surface area contributed by atoms with Crippen LogP contribution in [0.3, 0.4) is 0 Å². The minimum atomic E-state index is -0.433. The van der Waals surface area contributed by atoms with Crippen molar-refractivity contribution in [3.8, 4) is 11.5 Å². The van der Waals surface area contributed by atoms with Crippen molar-refractivity contribution < 1.29 is 14.4 Å². The van der Waals surface area contributed by atoms with Gasteiger partial charge in [-0.25, -0.2) is 0 Å². The van der Waals surface area contributed by atoms with Crippen LogP contribution in [0, 0.1) is 10.1 Å². The number of rotatable bonds is 1. The highest BCUT2D eigenvalue weighted by atomic mass is 16.6. The van der Waals surface area contributed by atoms with Crippen LogP contribution in [0.2, 0.25) is 0 Å². The van der Waals surface area contributed by atoms with Crippen LogP contribution in [0.5, 0.6) is 11.5 Å². The summed E-state index contributed by atoms with van der Waals surface area (Å²) in [5.41, 5.74) is 0.862. The zero-order valence-electron chi connectivity index (χ0n) is 8.51. The van der Waals surface area contributed by atoms with Gasteiger partial charge < -0.3 is 14.4 Å². The van der Waals surface area contributed by atoms with Gasteiger partial charge in [0.2, 0.25) is 0 Å². The Kier molecular flexibility index (Phi) is 1.89. The molecule has 2 heterocycles. The van der Waals surface area contributed by atoms with E-state index in [2.05, 4.69) is 4.90 Å². The van der Waals surface area contributed by atoms with Crippen LogP contribution in [0.4, 0.5) is 11.4 Å². The Balaban J connectivity index is 2.17. The molecule has 0 N–H and O–H groups in total. The first-order valence-electron chi connectivity index (χ1n) is 5.09. The van der Waals surface area contributed by atoms with E-state index in [0.717, 1.165) is 18.8 Å². The topological polar surface area (TPSA) is 64.8 Å². The molecule has 6 nitrogen and oxygen atoms in total. The van der Waals surface area contributed by atoms with Gasteiger partial charge in [-0.2, -0.15) is 0 Å². The molecule has 0 saturated carbocycles. The lowest BCUT2D eigenvalue weighted by Gasteiger charge is -2.35. The minimum absolute atomic E-state index is 0.0116. The van der Waals surface area contributed by atoms with Crippen molar-refractivity contribution in [3.63, 3.8) is 0 Å². The van der Waals surface area contributed by atoms with Crippen LogP contribution in [0.1, 0.15) is 0 Å². The number of nitro benzene ring substituents is 1. The first-order chi connectivity index (χ1) is 7.75. The van der Waals surface area contributed by atoms with Crippen molar-refractivity contribution >= 4 is 11.4 Å². The van der Waals surface area contributed by atoms with Crippen molar-refractivity contribution in [1.29, 1.82) is 0 Å². The van der Waals surface area contributed by atoms with Gasteiger partial charge in [-0.15, -0.1) is 0 Å². The van der Waals surface area contributed by atoms with Crippen molar-refractivity contribution in [2.75, 3.05) is 31.2 Å². The summed E-state index contributed by atoms with van der Waals surface area (Å²) in [6, 6.07) is 2.92. The van der Waals surface area contributed by atoms with Gasteiger partial charge in [0, 0.05) is 0 Å². The number of nitro groups is 1. The molecule has 1 aromatic rings. The SMILES string of the molecule is O=[N+]([O-])c1cc2c3c(c1)OCCN3CCO2. The lowest BCUT2D eigenvalue weighted by molar-refractivity contribution is -0.385. The Morgan fingerprint density at radius 1 is 1.19 bits per heavy atom. The van der Waals surface area contributed by atoms with Crippen LogP contribution in [-0.2, 0) is 0 Å². The second-order valence-corrected chi connectivity index (χ2v) is 3.73. The molecular weight excluding hydrogens is 212 g/mol. The molecule has 0 spiro atoms. The molecule has 0 aromatic heterocycles. The van der Waals surface area contributed by atoms with Gasteiger partial charge in [0.05, 0.1) is 30.1 Å². The molecule has 0 radical (unpaired) electrons. The van der Waals surface area contributed by atoms with Gasteiger partial charge in [-0.3, -0.25) is 10.1 Å². The zero-order chi connectivity index (χ0) is 11.1. The summed E-state index contributed by atoms with van der Waals surface area (Å²) in [5, 5.41) is 10.7. The molecule has 0 bridgehead atoms. The monoisotopic (exact) mass is 222 g/mol. The molecule has 84 valence electrons. The molecule has 1 aromatic carbocycles. The van der Waals surface area contributed by atoms with E-state index in [4.69, 9.17) is 9.47 Å². The quantitative estimate of drug-likeness (QED) is 0.527. The molecule has 0 unspecified atom stereocenters. The van der Waals surface area contributed by atoms with Gasteiger partial charge in [0.15, 0.2) is 11.5 Å². The number of ether oxygens (including phenoxy) is 2. The van der Waals surface area contributed by atoms with Gasteiger partial charge in [0.1, 0.15) is 18.9 Å². The fourth-order valence-electron chi connectivity index (χ4n) is 2.07. The molecule has 0 atom stereocenters. The zero-order valence-corrected chi connectivity index (χ0v) is 8.51. The Labute approximate surface area is 91.5 Å². The van der Waals surface area contributed by atoms with Crippen LogP contribution in [0.25, 0.3) is 0 Å². The standard InChI is InChI=1S/C10H10N2O4/c13-12(14)7-5-8-10-9(6-7)16-4-2-11(10)1-3-15-8/h5-6H,1-4H2. The first kappa shape index (κ1) is 9.26. The predicted molar refractivity (Wildman–Crippen MR) is 56.3 cm³/mol. The number of hydrogen-bond acceptors (Lipinski definition) is 5. The smallest absolute Gasteiger partial charge is 0.277 e. The van der Waals surface area contributed by atoms with E-state index < -0.39 is 4.92 Å². The van der Waals surface area contributed by atoms with E-state index in [1.165, 1.54) is 12.1 Å². The molecule has 0 saturated heterocycles. The molecule has 2 aliphatic rings. The third-order valence-electron chi connectivity index (χ3n) is 2.79. The van der Waals surface area contributed by atoms with E-state index >= 15 is 0 Å². The summed E-state index contributed by atoms with van der Waals surface area (Å²) in [6.07, 6.45) is 0. The van der Waals surface area contributed by atoms with Gasteiger partial charge in [0.25, 0.3) is 5.69 Å². The Hall–Kier alpha value is -1.98. The maximum Gasteiger partial charge on any atom is 0.277 e. The molecule has 2 aliphatic heterocycles. The average molecular weight is 222 g/mol. The molecule has 0 aliphatic carbocycles. The van der Waals surface area contributed by atoms with Gasteiger partial charge in [-0.1, -0.05) is 0 Å². The van der Waals surface area contributed by atoms with Crippen molar-refractivity contribution in [3.05, 3.63) is 22.2 Å². The van der Waals surface area contributed by atoms with Gasteiger partial charge >= 0.3 is 0 Å². The number of anilines is 1. The third-order valence-corrected chi connectivity index (χ3v) is 2.79. The number of nitrogens with zero attached hydrogens (tertiary/aromatic N) is 2. The fraction of sp³-hybridized carbons (Fsp3) is 0.400. The van der Waals surface area contributed by atoms with Crippen molar-refractivity contribution in [2.24, 2.45) is 0 Å². The van der Waals surface area contributed by atoms with E-state index in [1.807, 2.05) is 0 Å². The van der Waals surface area contributed by atoms with Crippen molar-refractivity contribution in [2.45, 2.75) is 0 Å². The summed E-state index contributed by atoms with van der Waals surface area (Å²) < 4.78 is 10.9. The van der Waals surface area contributed by atoms with Gasteiger partial charge in [-0.05, 0) is 0 Å². The molecule has 0 amide bonds. The van der Waals surface area contributed by atoms with Crippen LogP contribution in [0.15, 0.2) is 12.1 Å². The Morgan fingerprint density at radius 2 is 1.75 bits per heavy atom. The second-order valence-electron chi connectivity index (χ2n) is 3.73. The van der Waals surface area contributed by atoms with Crippen LogP contribution < -0.4 is 14.4 Å². The number of hydrogen-bond donors (Lipinski definition) is 0. The van der Waals surface area contributed by atoms with E-state index in [0.29, 0.717) is 24.7 Å². The summed E-state index contributed by atoms with van der Waals surface area (Å²) in [6.45, 7) is 2.74. The summed E-state index contributed by atoms with van der Waals surface area (Å²) in [4.78, 5) is 12.4. The molecule has 6 heteroatoms. The fourth-order valence-corrected chi connectivity index (χ4v) is 2.07. The number of non-ortho nitro benzene ring substituents is 1. The Morgan fingerprint density at radius 3 is 2.25 bits per heavy atom.